The number of rotatable bonds is 11. The Kier molecular flexibility index (Phi) is 9.98. The molecule has 3 aromatic rings. The second-order valence-electron chi connectivity index (χ2n) is 9.35. The Hall–Kier alpha value is -3.05. The molecule has 1 atom stereocenters. The van der Waals surface area contributed by atoms with Gasteiger partial charge in [-0.25, -0.2) is 0 Å². The average molecular weight is 489 g/mol. The fourth-order valence-electron chi connectivity index (χ4n) is 3.85. The second kappa shape index (κ2) is 13.1. The molecule has 0 saturated heterocycles. The maximum atomic E-state index is 13.6. The molecule has 35 heavy (non-hydrogen) atoms. The zero-order valence-electron chi connectivity index (χ0n) is 21.2. The number of hydrogen-bond acceptors (Lipinski definition) is 3. The maximum Gasteiger partial charge on any atom is 0.243 e. The summed E-state index contributed by atoms with van der Waals surface area (Å²) in [5.41, 5.74) is 5.63. The number of nitrogens with zero attached hydrogens (tertiary/aromatic N) is 1. The molecular formula is C30H36N2O2S. The molecule has 0 bridgehead atoms. The molecule has 0 radical (unpaired) electrons. The van der Waals surface area contributed by atoms with Crippen molar-refractivity contribution in [3.63, 3.8) is 0 Å². The van der Waals surface area contributed by atoms with Crippen molar-refractivity contribution in [2.75, 3.05) is 5.75 Å². The molecule has 0 aliphatic rings. The monoisotopic (exact) mass is 488 g/mol. The Labute approximate surface area is 214 Å². The predicted octanol–water partition coefficient (Wildman–Crippen LogP) is 5.70. The molecule has 0 aliphatic heterocycles. The first kappa shape index (κ1) is 26.6. The molecule has 0 heterocycles. The van der Waals surface area contributed by atoms with Crippen LogP contribution in [-0.4, -0.2) is 34.6 Å². The molecule has 3 aromatic carbocycles. The molecule has 4 nitrogen and oxygen atoms in total. The largest absolute Gasteiger partial charge is 0.352 e. The van der Waals surface area contributed by atoms with Crippen molar-refractivity contribution in [2.24, 2.45) is 0 Å². The van der Waals surface area contributed by atoms with Gasteiger partial charge in [0, 0.05) is 24.8 Å². The van der Waals surface area contributed by atoms with E-state index in [-0.39, 0.29) is 17.9 Å². The lowest BCUT2D eigenvalue weighted by molar-refractivity contribution is -0.139. The maximum absolute atomic E-state index is 13.6. The Morgan fingerprint density at radius 3 is 1.94 bits per heavy atom. The van der Waals surface area contributed by atoms with Crippen LogP contribution in [0.1, 0.15) is 41.7 Å². The van der Waals surface area contributed by atoms with E-state index in [1.165, 1.54) is 16.7 Å². The van der Waals surface area contributed by atoms with Crippen molar-refractivity contribution in [1.82, 2.24) is 10.2 Å². The van der Waals surface area contributed by atoms with E-state index in [0.29, 0.717) is 18.7 Å². The van der Waals surface area contributed by atoms with E-state index in [1.54, 1.807) is 16.7 Å². The van der Waals surface area contributed by atoms with Crippen LogP contribution in [0.2, 0.25) is 0 Å². The first-order chi connectivity index (χ1) is 16.8. The van der Waals surface area contributed by atoms with Gasteiger partial charge < -0.3 is 10.2 Å². The van der Waals surface area contributed by atoms with Crippen molar-refractivity contribution >= 4 is 23.6 Å². The number of amides is 2. The standard InChI is InChI=1S/C30H36N2O2S/c1-22(2)31-30(34)28(18-25-8-6-5-7-9-25)32(19-26-14-10-23(3)11-15-26)29(33)21-35-20-27-16-12-24(4)13-17-27/h5-17,22,28H,18-21H2,1-4H3,(H,31,34)/t28-/m0/s1. The van der Waals surface area contributed by atoms with Crippen LogP contribution in [0.15, 0.2) is 78.9 Å². The molecule has 3 rings (SSSR count). The summed E-state index contributed by atoms with van der Waals surface area (Å²) in [6, 6.07) is 25.9. The van der Waals surface area contributed by atoms with Gasteiger partial charge in [-0.05, 0) is 44.4 Å². The van der Waals surface area contributed by atoms with Gasteiger partial charge in [0.1, 0.15) is 6.04 Å². The Balaban J connectivity index is 1.83. The van der Waals surface area contributed by atoms with Crippen LogP contribution >= 0.6 is 11.8 Å². The van der Waals surface area contributed by atoms with Crippen LogP contribution in [0.4, 0.5) is 0 Å². The highest BCUT2D eigenvalue weighted by Gasteiger charge is 2.30. The second-order valence-corrected chi connectivity index (χ2v) is 10.3. The third-order valence-electron chi connectivity index (χ3n) is 5.79. The number of carbonyl (C=O) groups excluding carboxylic acids is 2. The van der Waals surface area contributed by atoms with Gasteiger partial charge in [0.15, 0.2) is 0 Å². The average Bonchev–Trinajstić information content (AvgIpc) is 2.84. The van der Waals surface area contributed by atoms with Gasteiger partial charge in [-0.3, -0.25) is 9.59 Å². The predicted molar refractivity (Wildman–Crippen MR) is 146 cm³/mol. The fraction of sp³-hybridized carbons (Fsp3) is 0.333. The van der Waals surface area contributed by atoms with Crippen LogP contribution in [0.3, 0.4) is 0 Å². The van der Waals surface area contributed by atoms with Crippen molar-refractivity contribution < 1.29 is 9.59 Å². The van der Waals surface area contributed by atoms with E-state index >= 15 is 0 Å². The summed E-state index contributed by atoms with van der Waals surface area (Å²) in [6.45, 7) is 8.40. The van der Waals surface area contributed by atoms with Crippen LogP contribution in [0.5, 0.6) is 0 Å². The third-order valence-corrected chi connectivity index (χ3v) is 6.78. The minimum Gasteiger partial charge on any atom is -0.352 e. The van der Waals surface area contributed by atoms with E-state index in [0.717, 1.165) is 16.9 Å². The van der Waals surface area contributed by atoms with E-state index in [9.17, 15) is 9.59 Å². The molecule has 5 heteroatoms. The minimum absolute atomic E-state index is 0.00647. The highest BCUT2D eigenvalue weighted by atomic mass is 32.2. The van der Waals surface area contributed by atoms with Gasteiger partial charge in [-0.15, -0.1) is 11.8 Å². The van der Waals surface area contributed by atoms with Crippen LogP contribution in [0.25, 0.3) is 0 Å². The van der Waals surface area contributed by atoms with Gasteiger partial charge in [-0.2, -0.15) is 0 Å². The molecule has 0 saturated carbocycles. The van der Waals surface area contributed by atoms with Crippen LogP contribution in [-0.2, 0) is 28.3 Å². The summed E-state index contributed by atoms with van der Waals surface area (Å²) in [5, 5.41) is 3.04. The molecule has 0 fully saturated rings. The normalized spacial score (nSPS) is 11.8. The molecule has 1 N–H and O–H groups in total. The Morgan fingerprint density at radius 2 is 1.37 bits per heavy atom. The molecule has 0 unspecified atom stereocenters. The first-order valence-corrected chi connectivity index (χ1v) is 13.3. The van der Waals surface area contributed by atoms with E-state index in [4.69, 9.17) is 0 Å². The summed E-state index contributed by atoms with van der Waals surface area (Å²) in [7, 11) is 0. The number of aryl methyl sites for hydroxylation is 2. The topological polar surface area (TPSA) is 49.4 Å². The van der Waals surface area contributed by atoms with Crippen molar-refractivity contribution in [3.8, 4) is 0 Å². The van der Waals surface area contributed by atoms with Crippen LogP contribution < -0.4 is 5.32 Å². The Bertz CT molecular complexity index is 1080. The summed E-state index contributed by atoms with van der Waals surface area (Å²) in [6.07, 6.45) is 0.472. The summed E-state index contributed by atoms with van der Waals surface area (Å²) in [4.78, 5) is 28.7. The lowest BCUT2D eigenvalue weighted by Crippen LogP contribution is -2.52. The summed E-state index contributed by atoms with van der Waals surface area (Å²) < 4.78 is 0. The van der Waals surface area contributed by atoms with E-state index in [1.807, 2.05) is 75.4 Å². The van der Waals surface area contributed by atoms with Gasteiger partial charge in [-0.1, -0.05) is 90.0 Å². The molecule has 0 aliphatic carbocycles. The number of hydrogen-bond donors (Lipinski definition) is 1. The van der Waals surface area contributed by atoms with Gasteiger partial charge in [0.25, 0.3) is 0 Å². The van der Waals surface area contributed by atoms with Gasteiger partial charge >= 0.3 is 0 Å². The molecule has 0 spiro atoms. The van der Waals surface area contributed by atoms with Gasteiger partial charge in [0.2, 0.25) is 11.8 Å². The summed E-state index contributed by atoms with van der Waals surface area (Å²) in [5.74, 6) is 0.932. The van der Waals surface area contributed by atoms with Crippen molar-refractivity contribution in [3.05, 3.63) is 107 Å². The number of carbonyl (C=O) groups is 2. The molecular weight excluding hydrogens is 452 g/mol. The molecule has 184 valence electrons. The van der Waals surface area contributed by atoms with Crippen LogP contribution in [0, 0.1) is 13.8 Å². The lowest BCUT2D eigenvalue weighted by Gasteiger charge is -2.32. The molecule has 0 aromatic heterocycles. The SMILES string of the molecule is Cc1ccc(CSCC(=O)N(Cc2ccc(C)cc2)[C@@H](Cc2ccccc2)C(=O)NC(C)C)cc1. The summed E-state index contributed by atoms with van der Waals surface area (Å²) >= 11 is 1.59. The number of nitrogens with one attached hydrogen (secondary N) is 1. The van der Waals surface area contributed by atoms with Crippen molar-refractivity contribution in [2.45, 2.75) is 58.5 Å². The minimum atomic E-state index is -0.589. The van der Waals surface area contributed by atoms with E-state index in [2.05, 4.69) is 36.5 Å². The van der Waals surface area contributed by atoms with Gasteiger partial charge in [0.05, 0.1) is 5.75 Å². The highest BCUT2D eigenvalue weighted by molar-refractivity contribution is 7.99. The number of benzene rings is 3. The molecule has 2 amide bonds. The van der Waals surface area contributed by atoms with Crippen molar-refractivity contribution in [1.29, 1.82) is 0 Å². The zero-order chi connectivity index (χ0) is 25.2. The smallest absolute Gasteiger partial charge is 0.243 e. The van der Waals surface area contributed by atoms with E-state index < -0.39 is 6.04 Å². The zero-order valence-corrected chi connectivity index (χ0v) is 22.0. The third kappa shape index (κ3) is 8.59. The number of thioether (sulfide) groups is 1. The lowest BCUT2D eigenvalue weighted by atomic mass is 10.0. The highest BCUT2D eigenvalue weighted by Crippen LogP contribution is 2.19. The first-order valence-electron chi connectivity index (χ1n) is 12.1. The fourth-order valence-corrected chi connectivity index (χ4v) is 4.72. The Morgan fingerprint density at radius 1 is 0.800 bits per heavy atom. The quantitative estimate of drug-likeness (QED) is 0.377.